The van der Waals surface area contributed by atoms with Crippen molar-refractivity contribution < 1.29 is 18.4 Å². The predicted molar refractivity (Wildman–Crippen MR) is 129 cm³/mol. The van der Waals surface area contributed by atoms with Crippen LogP contribution in [0.25, 0.3) is 0 Å². The van der Waals surface area contributed by atoms with Gasteiger partial charge in [-0.3, -0.25) is 5.32 Å². The molecule has 1 atom stereocenters. The second kappa shape index (κ2) is 10.6. The average Bonchev–Trinajstić information content (AvgIpc) is 3.21. The number of amides is 4. The first kappa shape index (κ1) is 23.6. The molecule has 0 bridgehead atoms. The first-order valence-corrected chi connectivity index (χ1v) is 11.9. The number of aryl methyl sites for hydroxylation is 1. The molecule has 1 aromatic heterocycles. The molecule has 1 heterocycles. The van der Waals surface area contributed by atoms with Gasteiger partial charge in [-0.15, -0.1) is 11.3 Å². The van der Waals surface area contributed by atoms with Crippen LogP contribution in [0.4, 0.5) is 34.9 Å². The lowest BCUT2D eigenvalue weighted by Crippen LogP contribution is -2.45. The van der Waals surface area contributed by atoms with E-state index in [1.807, 2.05) is 6.92 Å². The molecule has 178 valence electrons. The first-order chi connectivity index (χ1) is 16.4. The van der Waals surface area contributed by atoms with Crippen molar-refractivity contribution in [2.24, 2.45) is 0 Å². The predicted octanol–water partition coefficient (Wildman–Crippen LogP) is 5.87. The fraction of sp³-hybridized carbons (Fsp3) is 0.292. The van der Waals surface area contributed by atoms with Crippen molar-refractivity contribution in [3.8, 4) is 0 Å². The van der Waals surface area contributed by atoms with Crippen molar-refractivity contribution in [3.05, 3.63) is 70.7 Å². The number of hydrogen-bond acceptors (Lipinski definition) is 4. The van der Waals surface area contributed by atoms with Crippen molar-refractivity contribution in [1.29, 1.82) is 0 Å². The van der Waals surface area contributed by atoms with E-state index < -0.39 is 17.7 Å². The van der Waals surface area contributed by atoms with E-state index in [1.54, 1.807) is 29.2 Å². The number of nitrogens with zero attached hydrogens (tertiary/aromatic N) is 2. The number of fused-ring (bicyclic) bond motifs is 1. The minimum atomic E-state index is -0.579. The second-order valence-electron chi connectivity index (χ2n) is 7.95. The number of para-hydroxylation sites is 2. The molecule has 0 saturated heterocycles. The summed E-state index contributed by atoms with van der Waals surface area (Å²) in [6.07, 6.45) is 2.72. The highest BCUT2D eigenvalue weighted by Gasteiger charge is 2.30. The summed E-state index contributed by atoms with van der Waals surface area (Å²) < 4.78 is 27.8. The van der Waals surface area contributed by atoms with Crippen molar-refractivity contribution in [2.45, 2.75) is 38.6 Å². The molecule has 4 amide bonds. The van der Waals surface area contributed by atoms with Crippen LogP contribution in [0.5, 0.6) is 0 Å². The van der Waals surface area contributed by atoms with Crippen molar-refractivity contribution in [3.63, 3.8) is 0 Å². The number of thiazole rings is 1. The Morgan fingerprint density at radius 1 is 1.03 bits per heavy atom. The normalized spacial score (nSPS) is 14.7. The van der Waals surface area contributed by atoms with Crippen molar-refractivity contribution in [2.75, 3.05) is 22.5 Å². The van der Waals surface area contributed by atoms with E-state index in [0.717, 1.165) is 17.0 Å². The molecule has 0 fully saturated rings. The Morgan fingerprint density at radius 2 is 1.68 bits per heavy atom. The number of aromatic nitrogens is 1. The number of carbonyl (C=O) groups excluding carboxylic acids is 2. The van der Waals surface area contributed by atoms with Gasteiger partial charge in [0, 0.05) is 23.9 Å². The fourth-order valence-electron chi connectivity index (χ4n) is 3.93. The van der Waals surface area contributed by atoms with E-state index >= 15 is 0 Å². The fourth-order valence-corrected chi connectivity index (χ4v) is 5.00. The molecular formula is C24H25F2N5O2S. The maximum Gasteiger partial charge on any atom is 0.325 e. The Balaban J connectivity index is 1.41. The molecular weight excluding hydrogens is 460 g/mol. The summed E-state index contributed by atoms with van der Waals surface area (Å²) in [5, 5.41) is 8.23. The number of urea groups is 2. The monoisotopic (exact) mass is 485 g/mol. The molecule has 1 aliphatic rings. The Morgan fingerprint density at radius 3 is 2.32 bits per heavy atom. The summed E-state index contributed by atoms with van der Waals surface area (Å²) in [6.45, 7) is 2.52. The summed E-state index contributed by atoms with van der Waals surface area (Å²) in [7, 11) is 0. The Hall–Kier alpha value is -3.53. The van der Waals surface area contributed by atoms with Gasteiger partial charge < -0.3 is 15.5 Å². The van der Waals surface area contributed by atoms with E-state index in [9.17, 15) is 18.4 Å². The maximum atomic E-state index is 14.0. The molecule has 1 aliphatic carbocycles. The largest absolute Gasteiger partial charge is 0.325 e. The molecule has 0 spiro atoms. The zero-order chi connectivity index (χ0) is 24.1. The molecule has 7 nitrogen and oxygen atoms in total. The van der Waals surface area contributed by atoms with Gasteiger partial charge in [0.05, 0.1) is 17.1 Å². The van der Waals surface area contributed by atoms with Crippen LogP contribution in [0.2, 0.25) is 0 Å². The SMILES string of the molecule is CCCN(C(=O)Nc1ccccc1F)C1CCc2nc(NC(=O)Nc3ccccc3F)sc2C1. The van der Waals surface area contributed by atoms with Gasteiger partial charge in [-0.25, -0.2) is 23.4 Å². The van der Waals surface area contributed by atoms with Crippen LogP contribution < -0.4 is 16.0 Å². The lowest BCUT2D eigenvalue weighted by Gasteiger charge is -2.33. The van der Waals surface area contributed by atoms with Gasteiger partial charge in [0.1, 0.15) is 11.6 Å². The molecule has 3 N–H and O–H groups in total. The lowest BCUT2D eigenvalue weighted by molar-refractivity contribution is 0.180. The zero-order valence-electron chi connectivity index (χ0n) is 18.6. The number of hydrogen-bond donors (Lipinski definition) is 3. The number of benzene rings is 2. The van der Waals surface area contributed by atoms with Gasteiger partial charge in [0.15, 0.2) is 5.13 Å². The third kappa shape index (κ3) is 5.51. The second-order valence-corrected chi connectivity index (χ2v) is 9.03. The van der Waals surface area contributed by atoms with Crippen LogP contribution in [0.15, 0.2) is 48.5 Å². The third-order valence-corrected chi connectivity index (χ3v) is 6.57. The van der Waals surface area contributed by atoms with E-state index in [0.29, 0.717) is 30.9 Å². The van der Waals surface area contributed by atoms with Crippen LogP contribution in [0, 0.1) is 11.6 Å². The standard InChI is InChI=1S/C24H25F2N5O2S/c1-2-13-31(24(33)29-19-10-6-4-8-17(19)26)15-11-12-20-21(14-15)34-23(28-20)30-22(32)27-18-9-5-3-7-16(18)25/h3-10,15H,2,11-14H2,1H3,(H,29,33)(H2,27,28,30,32). The Labute approximate surface area is 200 Å². The Kier molecular flexibility index (Phi) is 7.36. The van der Waals surface area contributed by atoms with Gasteiger partial charge in [-0.1, -0.05) is 31.2 Å². The van der Waals surface area contributed by atoms with E-state index in [-0.39, 0.29) is 23.4 Å². The van der Waals surface area contributed by atoms with Gasteiger partial charge in [-0.05, 0) is 43.5 Å². The smallest absolute Gasteiger partial charge is 0.321 e. The molecule has 10 heteroatoms. The highest BCUT2D eigenvalue weighted by atomic mass is 32.1. The number of anilines is 3. The molecule has 2 aromatic carbocycles. The first-order valence-electron chi connectivity index (χ1n) is 11.1. The van der Waals surface area contributed by atoms with Crippen molar-refractivity contribution in [1.82, 2.24) is 9.88 Å². The highest BCUT2D eigenvalue weighted by molar-refractivity contribution is 7.15. The van der Waals surface area contributed by atoms with E-state index in [1.165, 1.54) is 35.6 Å². The van der Waals surface area contributed by atoms with E-state index in [2.05, 4.69) is 20.9 Å². The maximum absolute atomic E-state index is 14.0. The average molecular weight is 486 g/mol. The minimum absolute atomic E-state index is 0.0697. The molecule has 0 radical (unpaired) electrons. The van der Waals surface area contributed by atoms with Crippen LogP contribution in [0.3, 0.4) is 0 Å². The summed E-state index contributed by atoms with van der Waals surface area (Å²) in [6, 6.07) is 11.0. The van der Waals surface area contributed by atoms with Crippen LogP contribution in [-0.2, 0) is 12.8 Å². The van der Waals surface area contributed by atoms with Gasteiger partial charge >= 0.3 is 12.1 Å². The third-order valence-electron chi connectivity index (χ3n) is 5.54. The van der Waals surface area contributed by atoms with Crippen molar-refractivity contribution >= 4 is 39.9 Å². The van der Waals surface area contributed by atoms with Crippen LogP contribution in [-0.4, -0.2) is 34.5 Å². The number of rotatable bonds is 6. The molecule has 34 heavy (non-hydrogen) atoms. The number of halogens is 2. The zero-order valence-corrected chi connectivity index (χ0v) is 19.4. The molecule has 0 saturated carbocycles. The summed E-state index contributed by atoms with van der Waals surface area (Å²) in [5.74, 6) is -1.01. The van der Waals surface area contributed by atoms with Crippen LogP contribution in [0.1, 0.15) is 30.3 Å². The molecule has 1 unspecified atom stereocenters. The van der Waals surface area contributed by atoms with Gasteiger partial charge in [-0.2, -0.15) is 0 Å². The summed E-state index contributed by atoms with van der Waals surface area (Å²) in [4.78, 5) is 32.5. The van der Waals surface area contributed by atoms with Crippen LogP contribution >= 0.6 is 11.3 Å². The minimum Gasteiger partial charge on any atom is -0.321 e. The molecule has 4 rings (SSSR count). The summed E-state index contributed by atoms with van der Waals surface area (Å²) >= 11 is 1.34. The highest BCUT2D eigenvalue weighted by Crippen LogP contribution is 2.32. The Bertz CT molecular complexity index is 1190. The lowest BCUT2D eigenvalue weighted by atomic mass is 9.96. The number of carbonyl (C=O) groups is 2. The topological polar surface area (TPSA) is 86.4 Å². The molecule has 3 aromatic rings. The number of nitrogens with one attached hydrogen (secondary N) is 3. The quantitative estimate of drug-likeness (QED) is 0.408. The van der Waals surface area contributed by atoms with E-state index in [4.69, 9.17) is 0 Å². The van der Waals surface area contributed by atoms with Gasteiger partial charge in [0.2, 0.25) is 0 Å². The molecule has 0 aliphatic heterocycles. The summed E-state index contributed by atoms with van der Waals surface area (Å²) in [5.41, 5.74) is 1.11. The van der Waals surface area contributed by atoms with Gasteiger partial charge in [0.25, 0.3) is 0 Å².